The second-order valence-electron chi connectivity index (χ2n) is 23.4. The van der Waals surface area contributed by atoms with Gasteiger partial charge in [-0.15, -0.1) is 0 Å². The smallest absolute Gasteiger partial charge is 0.306 e. The number of unbranched alkanes of at least 4 members (excludes halogenated alkanes) is 35. The van der Waals surface area contributed by atoms with E-state index < -0.39 is 6.10 Å². The van der Waals surface area contributed by atoms with E-state index in [2.05, 4.69) is 130 Å². The van der Waals surface area contributed by atoms with Crippen LogP contribution in [0.15, 0.2) is 109 Å². The molecule has 0 aliphatic carbocycles. The zero-order valence-corrected chi connectivity index (χ0v) is 54.7. The first kappa shape index (κ1) is 79.1. The Morgan fingerprint density at radius 2 is 0.470 bits per heavy atom. The molecule has 0 aliphatic rings. The van der Waals surface area contributed by atoms with Crippen LogP contribution in [0.1, 0.15) is 342 Å². The van der Waals surface area contributed by atoms with Crippen molar-refractivity contribution in [1.29, 1.82) is 0 Å². The van der Waals surface area contributed by atoms with Gasteiger partial charge in [-0.25, -0.2) is 0 Å². The maximum atomic E-state index is 12.9. The standard InChI is InChI=1S/C77H132O6/c1-4-7-10-13-16-19-22-25-28-30-32-33-34-35-36-37-38-39-40-41-42-43-45-46-49-52-55-58-61-64-67-70-76(79)82-73-74(72-81-75(78)69-66-63-60-57-54-51-48-27-24-21-18-15-12-9-6-3)83-77(80)71-68-65-62-59-56-53-50-47-44-31-29-26-23-20-17-14-11-8-5-2/h8-9,11-12,17-18,20-21,26-27,29,44,47-48,53-54,56-57,74H,4-7,10,13-16,19,22-25,28,30-43,45-46,49-52,55,58-73H2,1-3H3/b11-8-,12-9-,20-17-,21-18-,29-26-,47-44-,48-27-,56-53-,57-54-. The Bertz CT molecular complexity index is 1660. The van der Waals surface area contributed by atoms with Crippen molar-refractivity contribution in [3.63, 3.8) is 0 Å². The summed E-state index contributed by atoms with van der Waals surface area (Å²) in [5.41, 5.74) is 0. The topological polar surface area (TPSA) is 78.9 Å². The van der Waals surface area contributed by atoms with Crippen molar-refractivity contribution in [3.8, 4) is 0 Å². The fourth-order valence-electron chi connectivity index (χ4n) is 10.1. The summed E-state index contributed by atoms with van der Waals surface area (Å²) in [5.74, 6) is -0.969. The van der Waals surface area contributed by atoms with Gasteiger partial charge >= 0.3 is 17.9 Å². The first-order chi connectivity index (χ1) is 41.0. The second kappa shape index (κ2) is 70.6. The van der Waals surface area contributed by atoms with Crippen LogP contribution >= 0.6 is 0 Å². The summed E-state index contributed by atoms with van der Waals surface area (Å²) in [6, 6.07) is 0. The number of esters is 3. The third kappa shape index (κ3) is 68.7. The van der Waals surface area contributed by atoms with Crippen molar-refractivity contribution >= 4 is 17.9 Å². The van der Waals surface area contributed by atoms with Gasteiger partial charge < -0.3 is 14.2 Å². The zero-order valence-electron chi connectivity index (χ0n) is 54.7. The van der Waals surface area contributed by atoms with Gasteiger partial charge in [0.05, 0.1) is 0 Å². The minimum absolute atomic E-state index is 0.104. The summed E-state index contributed by atoms with van der Waals surface area (Å²) in [7, 11) is 0. The number of allylic oxidation sites excluding steroid dienone is 18. The average molecular weight is 1150 g/mol. The molecule has 0 saturated heterocycles. The predicted octanol–water partition coefficient (Wildman–Crippen LogP) is 24.6. The highest BCUT2D eigenvalue weighted by Crippen LogP contribution is 2.18. The zero-order chi connectivity index (χ0) is 59.9. The van der Waals surface area contributed by atoms with Crippen molar-refractivity contribution in [2.24, 2.45) is 0 Å². The Hall–Kier alpha value is -3.93. The summed E-state index contributed by atoms with van der Waals surface area (Å²) >= 11 is 0. The molecule has 0 N–H and O–H groups in total. The van der Waals surface area contributed by atoms with Gasteiger partial charge in [-0.1, -0.05) is 329 Å². The Labute approximate surface area is 514 Å². The quantitative estimate of drug-likeness (QED) is 0.0261. The third-order valence-electron chi connectivity index (χ3n) is 15.3. The molecule has 1 unspecified atom stereocenters. The van der Waals surface area contributed by atoms with Gasteiger partial charge in [-0.2, -0.15) is 0 Å². The van der Waals surface area contributed by atoms with Crippen molar-refractivity contribution in [2.45, 2.75) is 348 Å². The average Bonchev–Trinajstić information content (AvgIpc) is 3.49. The van der Waals surface area contributed by atoms with E-state index in [1.165, 1.54) is 180 Å². The molecule has 6 heteroatoms. The molecule has 0 radical (unpaired) electrons. The van der Waals surface area contributed by atoms with Gasteiger partial charge in [0.15, 0.2) is 6.10 Å². The van der Waals surface area contributed by atoms with E-state index >= 15 is 0 Å². The summed E-state index contributed by atoms with van der Waals surface area (Å²) in [6.07, 6.45) is 97.1. The molecule has 0 aromatic heterocycles. The fraction of sp³-hybridized carbons (Fsp3) is 0.727. The minimum Gasteiger partial charge on any atom is -0.462 e. The number of ether oxygens (including phenoxy) is 3. The van der Waals surface area contributed by atoms with Crippen LogP contribution < -0.4 is 0 Å². The van der Waals surface area contributed by atoms with Gasteiger partial charge in [0.1, 0.15) is 13.2 Å². The van der Waals surface area contributed by atoms with Crippen LogP contribution in [0.4, 0.5) is 0 Å². The molecule has 83 heavy (non-hydrogen) atoms. The van der Waals surface area contributed by atoms with Crippen LogP contribution in [-0.2, 0) is 28.6 Å². The number of rotatable bonds is 64. The lowest BCUT2D eigenvalue weighted by Crippen LogP contribution is -2.30. The van der Waals surface area contributed by atoms with E-state index in [0.29, 0.717) is 12.8 Å². The lowest BCUT2D eigenvalue weighted by Gasteiger charge is -2.18. The molecule has 0 rings (SSSR count). The first-order valence-electron chi connectivity index (χ1n) is 35.4. The van der Waals surface area contributed by atoms with E-state index in [1.807, 2.05) is 0 Å². The number of carbonyl (C=O) groups is 3. The summed E-state index contributed by atoms with van der Waals surface area (Å²) in [4.78, 5) is 38.4. The largest absolute Gasteiger partial charge is 0.462 e. The summed E-state index contributed by atoms with van der Waals surface area (Å²) < 4.78 is 16.9. The highest BCUT2D eigenvalue weighted by atomic mass is 16.6. The molecule has 0 saturated carbocycles. The normalized spacial score (nSPS) is 12.8. The van der Waals surface area contributed by atoms with Crippen LogP contribution in [-0.4, -0.2) is 37.2 Å². The van der Waals surface area contributed by atoms with Crippen LogP contribution in [0.3, 0.4) is 0 Å². The second-order valence-corrected chi connectivity index (χ2v) is 23.4. The van der Waals surface area contributed by atoms with Crippen LogP contribution in [0, 0.1) is 0 Å². The molecule has 0 amide bonds. The Balaban J connectivity index is 4.28. The molecule has 0 bridgehead atoms. The lowest BCUT2D eigenvalue weighted by atomic mass is 10.0. The molecule has 0 fully saturated rings. The molecular formula is C77H132O6. The van der Waals surface area contributed by atoms with Gasteiger partial charge in [0.2, 0.25) is 0 Å². The predicted molar refractivity (Wildman–Crippen MR) is 362 cm³/mol. The molecular weight excluding hydrogens is 1020 g/mol. The van der Waals surface area contributed by atoms with E-state index in [-0.39, 0.29) is 37.5 Å². The monoisotopic (exact) mass is 1150 g/mol. The highest BCUT2D eigenvalue weighted by Gasteiger charge is 2.19. The molecule has 1 atom stereocenters. The van der Waals surface area contributed by atoms with Crippen molar-refractivity contribution in [1.82, 2.24) is 0 Å². The van der Waals surface area contributed by atoms with E-state index in [0.717, 1.165) is 122 Å². The highest BCUT2D eigenvalue weighted by molar-refractivity contribution is 5.71. The lowest BCUT2D eigenvalue weighted by molar-refractivity contribution is -0.167. The van der Waals surface area contributed by atoms with E-state index in [4.69, 9.17) is 14.2 Å². The molecule has 0 spiro atoms. The maximum Gasteiger partial charge on any atom is 0.306 e. The SMILES string of the molecule is CC/C=C\C/C=C\C/C=C\C/C=C\C/C=C\CCCCCC(=O)OC(COC(=O)CCCC/C=C\C/C=C\C/C=C\C/C=C\CC)COC(=O)CCCCCCCCCCCCCCCCCCCCCCCCCCCCCCCCC. The molecule has 0 heterocycles. The Morgan fingerprint density at radius 1 is 0.253 bits per heavy atom. The molecule has 0 aliphatic heterocycles. The molecule has 6 nitrogen and oxygen atoms in total. The van der Waals surface area contributed by atoms with E-state index in [1.54, 1.807) is 0 Å². The van der Waals surface area contributed by atoms with Gasteiger partial charge in [0, 0.05) is 19.3 Å². The number of hydrogen-bond donors (Lipinski definition) is 0. The Kier molecular flexibility index (Phi) is 67.2. The minimum atomic E-state index is -0.815. The van der Waals surface area contributed by atoms with Gasteiger partial charge in [0.25, 0.3) is 0 Å². The number of hydrogen-bond acceptors (Lipinski definition) is 6. The first-order valence-corrected chi connectivity index (χ1v) is 35.4. The van der Waals surface area contributed by atoms with Gasteiger partial charge in [-0.05, 0) is 103 Å². The van der Waals surface area contributed by atoms with Crippen molar-refractivity contribution < 1.29 is 28.6 Å². The molecule has 0 aromatic rings. The van der Waals surface area contributed by atoms with Crippen LogP contribution in [0.5, 0.6) is 0 Å². The van der Waals surface area contributed by atoms with Crippen LogP contribution in [0.2, 0.25) is 0 Å². The maximum absolute atomic E-state index is 12.9. The third-order valence-corrected chi connectivity index (χ3v) is 15.3. The fourth-order valence-corrected chi connectivity index (χ4v) is 10.1. The molecule has 0 aromatic carbocycles. The summed E-state index contributed by atoms with van der Waals surface area (Å²) in [5, 5.41) is 0. The summed E-state index contributed by atoms with van der Waals surface area (Å²) in [6.45, 7) is 6.39. The van der Waals surface area contributed by atoms with Crippen LogP contribution in [0.25, 0.3) is 0 Å². The number of carbonyl (C=O) groups excluding carboxylic acids is 3. The Morgan fingerprint density at radius 3 is 0.759 bits per heavy atom. The molecule has 476 valence electrons. The van der Waals surface area contributed by atoms with Gasteiger partial charge in [-0.3, -0.25) is 14.4 Å². The van der Waals surface area contributed by atoms with Crippen molar-refractivity contribution in [2.75, 3.05) is 13.2 Å². The van der Waals surface area contributed by atoms with E-state index in [9.17, 15) is 14.4 Å². The van der Waals surface area contributed by atoms with Crippen molar-refractivity contribution in [3.05, 3.63) is 109 Å².